The van der Waals surface area contributed by atoms with Gasteiger partial charge in [0.2, 0.25) is 5.89 Å². The lowest BCUT2D eigenvalue weighted by atomic mass is 10.1. The van der Waals surface area contributed by atoms with E-state index >= 15 is 0 Å². The van der Waals surface area contributed by atoms with Gasteiger partial charge in [-0.3, -0.25) is 9.78 Å². The molecule has 4 rings (SSSR count). The van der Waals surface area contributed by atoms with Gasteiger partial charge in [-0.15, -0.1) is 0 Å². The van der Waals surface area contributed by atoms with Crippen molar-refractivity contribution in [1.29, 1.82) is 0 Å². The first kappa shape index (κ1) is 18.4. The first-order valence-corrected chi connectivity index (χ1v) is 8.91. The molecule has 0 spiro atoms. The van der Waals surface area contributed by atoms with Crippen molar-refractivity contribution in [3.63, 3.8) is 0 Å². The summed E-state index contributed by atoms with van der Waals surface area (Å²) in [6.07, 6.45) is 3.14. The zero-order valence-corrected chi connectivity index (χ0v) is 15.6. The number of nitrogens with one attached hydrogen (secondary N) is 1. The summed E-state index contributed by atoms with van der Waals surface area (Å²) in [5, 5.41) is 2.85. The second-order valence-corrected chi connectivity index (χ2v) is 6.29. The van der Waals surface area contributed by atoms with Crippen molar-refractivity contribution in [1.82, 2.24) is 15.3 Å². The van der Waals surface area contributed by atoms with E-state index in [0.29, 0.717) is 34.7 Å². The number of methoxy groups -OCH3 is 1. The summed E-state index contributed by atoms with van der Waals surface area (Å²) in [4.78, 5) is 32.4. The lowest BCUT2D eigenvalue weighted by Gasteiger charge is -2.05. The van der Waals surface area contributed by atoms with Gasteiger partial charge in [-0.2, -0.15) is 0 Å². The number of fused-ring (bicyclic) bond motifs is 1. The Bertz CT molecular complexity index is 1170. The van der Waals surface area contributed by atoms with Crippen LogP contribution in [0.5, 0.6) is 0 Å². The summed E-state index contributed by atoms with van der Waals surface area (Å²) in [6.45, 7) is 0.383. The minimum Gasteiger partial charge on any atom is -0.465 e. The van der Waals surface area contributed by atoms with E-state index in [1.54, 1.807) is 36.5 Å². The maximum Gasteiger partial charge on any atom is 0.341 e. The van der Waals surface area contributed by atoms with E-state index in [9.17, 15) is 9.59 Å². The number of esters is 1. The molecule has 0 aliphatic carbocycles. The average Bonchev–Trinajstić information content (AvgIpc) is 3.22. The van der Waals surface area contributed by atoms with Gasteiger partial charge in [0.15, 0.2) is 5.58 Å². The smallest absolute Gasteiger partial charge is 0.341 e. The number of hydrogen-bond donors (Lipinski definition) is 1. The topological polar surface area (TPSA) is 94.3 Å². The van der Waals surface area contributed by atoms with Crippen molar-refractivity contribution in [2.45, 2.75) is 6.54 Å². The minimum absolute atomic E-state index is 0.184. The Morgan fingerprint density at radius 3 is 2.62 bits per heavy atom. The minimum atomic E-state index is -0.474. The maximum absolute atomic E-state index is 12.1. The third-order valence-corrected chi connectivity index (χ3v) is 4.40. The van der Waals surface area contributed by atoms with Crippen LogP contribution in [0.4, 0.5) is 0 Å². The highest BCUT2D eigenvalue weighted by molar-refractivity contribution is 6.01. The molecular weight excluding hydrogens is 370 g/mol. The summed E-state index contributed by atoms with van der Waals surface area (Å²) in [7, 11) is 1.32. The number of aromatic nitrogens is 2. The first-order valence-electron chi connectivity index (χ1n) is 8.91. The zero-order chi connectivity index (χ0) is 20.2. The van der Waals surface area contributed by atoms with Gasteiger partial charge in [-0.25, -0.2) is 9.78 Å². The Labute approximate surface area is 166 Å². The van der Waals surface area contributed by atoms with Crippen molar-refractivity contribution in [3.05, 3.63) is 83.7 Å². The third-order valence-electron chi connectivity index (χ3n) is 4.40. The number of ether oxygens (including phenoxy) is 1. The number of amides is 1. The Morgan fingerprint density at radius 1 is 1.07 bits per heavy atom. The molecule has 2 aromatic heterocycles. The quantitative estimate of drug-likeness (QED) is 0.526. The van der Waals surface area contributed by atoms with Crippen LogP contribution in [0, 0.1) is 0 Å². The van der Waals surface area contributed by atoms with Gasteiger partial charge in [0, 0.05) is 24.5 Å². The van der Waals surface area contributed by atoms with E-state index in [4.69, 9.17) is 9.15 Å². The SMILES string of the molecule is COC(=O)c1cccc2nc(-c3ccc(CNC(=O)c4cccnc4)cc3)oc12. The molecule has 7 heteroatoms. The molecule has 2 heterocycles. The second kappa shape index (κ2) is 7.93. The lowest BCUT2D eigenvalue weighted by molar-refractivity contribution is 0.0601. The Kier molecular flexibility index (Phi) is 5.03. The van der Waals surface area contributed by atoms with E-state index in [2.05, 4.69) is 15.3 Å². The van der Waals surface area contributed by atoms with E-state index in [1.807, 2.05) is 24.3 Å². The number of nitrogens with zero attached hydrogens (tertiary/aromatic N) is 2. The van der Waals surface area contributed by atoms with Crippen LogP contribution >= 0.6 is 0 Å². The van der Waals surface area contributed by atoms with Gasteiger partial charge < -0.3 is 14.5 Å². The number of rotatable bonds is 5. The Morgan fingerprint density at radius 2 is 1.90 bits per heavy atom. The molecule has 0 atom stereocenters. The maximum atomic E-state index is 12.1. The molecule has 0 aliphatic rings. The van der Waals surface area contributed by atoms with Gasteiger partial charge in [0.1, 0.15) is 11.1 Å². The average molecular weight is 387 g/mol. The highest BCUT2D eigenvalue weighted by Crippen LogP contribution is 2.27. The fourth-order valence-corrected chi connectivity index (χ4v) is 2.89. The van der Waals surface area contributed by atoms with Crippen LogP contribution in [0.15, 0.2) is 71.4 Å². The van der Waals surface area contributed by atoms with Crippen molar-refractivity contribution < 1.29 is 18.7 Å². The Hall–Kier alpha value is -4.00. The van der Waals surface area contributed by atoms with Gasteiger partial charge in [-0.05, 0) is 42.0 Å². The number of oxazole rings is 1. The van der Waals surface area contributed by atoms with Crippen molar-refractivity contribution in [2.75, 3.05) is 7.11 Å². The van der Waals surface area contributed by atoms with E-state index < -0.39 is 5.97 Å². The van der Waals surface area contributed by atoms with Crippen molar-refractivity contribution in [2.24, 2.45) is 0 Å². The normalized spacial score (nSPS) is 10.7. The molecule has 7 nitrogen and oxygen atoms in total. The first-order chi connectivity index (χ1) is 14.2. The molecule has 0 fully saturated rings. The number of carbonyl (C=O) groups is 2. The van der Waals surface area contributed by atoms with Crippen LogP contribution in [0.2, 0.25) is 0 Å². The molecule has 4 aromatic rings. The molecule has 1 amide bonds. The highest BCUT2D eigenvalue weighted by Gasteiger charge is 2.16. The van der Waals surface area contributed by atoms with Crippen LogP contribution in [0.25, 0.3) is 22.6 Å². The van der Waals surface area contributed by atoms with Gasteiger partial charge in [-0.1, -0.05) is 18.2 Å². The molecule has 2 aromatic carbocycles. The van der Waals surface area contributed by atoms with E-state index in [1.165, 1.54) is 13.3 Å². The zero-order valence-electron chi connectivity index (χ0n) is 15.6. The summed E-state index contributed by atoms with van der Waals surface area (Å²) >= 11 is 0. The van der Waals surface area contributed by atoms with Crippen LogP contribution in [-0.2, 0) is 11.3 Å². The molecule has 0 saturated carbocycles. The van der Waals surface area contributed by atoms with Gasteiger partial charge in [0.25, 0.3) is 5.91 Å². The molecule has 29 heavy (non-hydrogen) atoms. The summed E-state index contributed by atoms with van der Waals surface area (Å²) in [5.74, 6) is -0.253. The van der Waals surface area contributed by atoms with Gasteiger partial charge in [0.05, 0.1) is 12.7 Å². The molecule has 1 N–H and O–H groups in total. The van der Waals surface area contributed by atoms with Crippen LogP contribution in [-0.4, -0.2) is 29.0 Å². The highest BCUT2D eigenvalue weighted by atomic mass is 16.5. The number of pyridine rings is 1. The van der Waals surface area contributed by atoms with Crippen LogP contribution < -0.4 is 5.32 Å². The molecule has 0 radical (unpaired) electrons. The molecular formula is C22H17N3O4. The standard InChI is InChI=1S/C22H17N3O4/c1-28-22(27)17-5-2-6-18-19(17)29-21(25-18)15-9-7-14(8-10-15)12-24-20(26)16-4-3-11-23-13-16/h2-11,13H,12H2,1H3,(H,24,26). The molecule has 0 aliphatic heterocycles. The monoisotopic (exact) mass is 387 g/mol. The largest absolute Gasteiger partial charge is 0.465 e. The number of carbonyl (C=O) groups excluding carboxylic acids is 2. The van der Waals surface area contributed by atoms with Crippen molar-refractivity contribution in [3.8, 4) is 11.5 Å². The fraction of sp³-hybridized carbons (Fsp3) is 0.0909. The third kappa shape index (κ3) is 3.84. The van der Waals surface area contributed by atoms with Gasteiger partial charge >= 0.3 is 5.97 Å². The van der Waals surface area contributed by atoms with Crippen LogP contribution in [0.1, 0.15) is 26.3 Å². The number of para-hydroxylation sites is 1. The lowest BCUT2D eigenvalue weighted by Crippen LogP contribution is -2.22. The second-order valence-electron chi connectivity index (χ2n) is 6.29. The molecule has 144 valence electrons. The predicted octanol–water partition coefficient (Wildman–Crippen LogP) is 3.61. The van der Waals surface area contributed by atoms with Crippen molar-refractivity contribution >= 4 is 23.0 Å². The predicted molar refractivity (Wildman–Crippen MR) is 106 cm³/mol. The molecule has 0 unspecified atom stereocenters. The Balaban J connectivity index is 1.51. The summed E-state index contributed by atoms with van der Waals surface area (Å²) in [5.41, 5.74) is 3.50. The summed E-state index contributed by atoms with van der Waals surface area (Å²) in [6, 6.07) is 16.0. The van der Waals surface area contributed by atoms with Crippen LogP contribution in [0.3, 0.4) is 0 Å². The van der Waals surface area contributed by atoms with E-state index in [0.717, 1.165) is 11.1 Å². The molecule has 0 saturated heterocycles. The fourth-order valence-electron chi connectivity index (χ4n) is 2.89. The molecule has 0 bridgehead atoms. The number of benzene rings is 2. The van der Waals surface area contributed by atoms with E-state index in [-0.39, 0.29) is 5.91 Å². The summed E-state index contributed by atoms with van der Waals surface area (Å²) < 4.78 is 10.6. The number of hydrogen-bond acceptors (Lipinski definition) is 6.